The van der Waals surface area contributed by atoms with E-state index in [1.54, 1.807) is 11.6 Å². The van der Waals surface area contributed by atoms with E-state index in [-0.39, 0.29) is 11.7 Å². The molecule has 0 aromatic carbocycles. The number of nitrogen functional groups attached to an aromatic ring is 1. The fourth-order valence-corrected chi connectivity index (χ4v) is 2.36. The highest BCUT2D eigenvalue weighted by atomic mass is 19.4. The highest BCUT2D eigenvalue weighted by molar-refractivity contribution is 5.43. The van der Waals surface area contributed by atoms with Crippen LogP contribution in [-0.2, 0) is 6.42 Å². The van der Waals surface area contributed by atoms with E-state index >= 15 is 0 Å². The maximum atomic E-state index is 12.3. The van der Waals surface area contributed by atoms with Gasteiger partial charge in [0.25, 0.3) is 0 Å². The van der Waals surface area contributed by atoms with Crippen molar-refractivity contribution >= 4 is 5.82 Å². The molecule has 1 aromatic rings. The molecule has 2 rings (SSSR count). The van der Waals surface area contributed by atoms with Gasteiger partial charge >= 0.3 is 6.18 Å². The van der Waals surface area contributed by atoms with Crippen molar-refractivity contribution in [3.63, 3.8) is 0 Å². The number of halogens is 3. The van der Waals surface area contributed by atoms with Crippen molar-refractivity contribution in [3.05, 3.63) is 11.3 Å². The Morgan fingerprint density at radius 1 is 1.35 bits per heavy atom. The van der Waals surface area contributed by atoms with E-state index in [1.807, 2.05) is 0 Å². The van der Waals surface area contributed by atoms with Crippen LogP contribution in [-0.4, -0.2) is 16.0 Å². The lowest BCUT2D eigenvalue weighted by Gasteiger charge is -2.11. The van der Waals surface area contributed by atoms with E-state index in [1.165, 1.54) is 0 Å². The minimum atomic E-state index is -4.23. The van der Waals surface area contributed by atoms with Crippen LogP contribution in [0.15, 0.2) is 0 Å². The summed E-state index contributed by atoms with van der Waals surface area (Å²) in [7, 11) is 0. The number of hydrogen-bond donors (Lipinski definition) is 1. The zero-order valence-electron chi connectivity index (χ0n) is 9.72. The number of nitrogens with two attached hydrogens (primary N) is 1. The summed E-state index contributed by atoms with van der Waals surface area (Å²) in [5, 5.41) is 4.05. The number of aromatic nitrogens is 2. The second-order valence-corrected chi connectivity index (χ2v) is 4.63. The number of hydrogen-bond acceptors (Lipinski definition) is 2. The van der Waals surface area contributed by atoms with Crippen LogP contribution in [0.3, 0.4) is 0 Å². The van der Waals surface area contributed by atoms with E-state index in [2.05, 4.69) is 5.10 Å². The lowest BCUT2D eigenvalue weighted by atomic mass is 10.2. The predicted octanol–water partition coefficient (Wildman–Crippen LogP) is 2.99. The van der Waals surface area contributed by atoms with Crippen molar-refractivity contribution in [2.24, 2.45) is 0 Å². The van der Waals surface area contributed by atoms with Crippen molar-refractivity contribution < 1.29 is 13.2 Å². The van der Waals surface area contributed by atoms with E-state index in [0.717, 1.165) is 25.7 Å². The minimum Gasteiger partial charge on any atom is -0.384 e. The molecule has 0 spiro atoms. The average molecular weight is 247 g/mol. The summed E-state index contributed by atoms with van der Waals surface area (Å²) in [6, 6.07) is 0.177. The van der Waals surface area contributed by atoms with Crippen LogP contribution >= 0.6 is 0 Å². The fraction of sp³-hybridized carbons (Fsp3) is 0.727. The third-order valence-corrected chi connectivity index (χ3v) is 3.33. The molecule has 0 atom stereocenters. The third kappa shape index (κ3) is 2.56. The van der Waals surface area contributed by atoms with Crippen LogP contribution in [0.2, 0.25) is 0 Å². The van der Waals surface area contributed by atoms with Gasteiger partial charge in [0.15, 0.2) is 0 Å². The molecule has 0 aliphatic heterocycles. The van der Waals surface area contributed by atoms with Crippen molar-refractivity contribution in [1.82, 2.24) is 9.78 Å². The number of nitrogens with zero attached hydrogens (tertiary/aromatic N) is 2. The second kappa shape index (κ2) is 4.23. The predicted molar refractivity (Wildman–Crippen MR) is 58.6 cm³/mol. The molecule has 1 aliphatic rings. The fourth-order valence-electron chi connectivity index (χ4n) is 2.36. The van der Waals surface area contributed by atoms with E-state index in [9.17, 15) is 13.2 Å². The van der Waals surface area contributed by atoms with Crippen LogP contribution in [0.5, 0.6) is 0 Å². The minimum absolute atomic E-state index is 0.0573. The summed E-state index contributed by atoms with van der Waals surface area (Å²) in [6.07, 6.45) is -1.13. The monoisotopic (exact) mass is 247 g/mol. The van der Waals surface area contributed by atoms with Gasteiger partial charge in [0.1, 0.15) is 5.82 Å². The van der Waals surface area contributed by atoms with Crippen molar-refractivity contribution in [1.29, 1.82) is 0 Å². The third-order valence-electron chi connectivity index (χ3n) is 3.33. The normalized spacial score (nSPS) is 17.9. The topological polar surface area (TPSA) is 43.8 Å². The molecule has 1 aromatic heterocycles. The summed E-state index contributed by atoms with van der Waals surface area (Å²) in [5.74, 6) is 0.385. The molecule has 2 N–H and O–H groups in total. The molecule has 1 fully saturated rings. The van der Waals surface area contributed by atoms with Gasteiger partial charge in [0.05, 0.1) is 18.2 Å². The van der Waals surface area contributed by atoms with Gasteiger partial charge in [-0.25, -0.2) is 4.68 Å². The Labute approximate surface area is 97.8 Å². The Kier molecular flexibility index (Phi) is 3.05. The van der Waals surface area contributed by atoms with Crippen LogP contribution in [0.4, 0.5) is 19.0 Å². The SMILES string of the molecule is Cc1c(CC(F)(F)F)nn(C2CCCC2)c1N. The largest absolute Gasteiger partial charge is 0.394 e. The van der Waals surface area contributed by atoms with E-state index in [4.69, 9.17) is 5.73 Å². The zero-order valence-corrected chi connectivity index (χ0v) is 9.72. The molecular weight excluding hydrogens is 231 g/mol. The molecule has 96 valence electrons. The number of anilines is 1. The maximum absolute atomic E-state index is 12.3. The lowest BCUT2D eigenvalue weighted by molar-refractivity contribution is -0.128. The average Bonchev–Trinajstić information content (AvgIpc) is 2.80. The smallest absolute Gasteiger partial charge is 0.384 e. The first-order valence-corrected chi connectivity index (χ1v) is 5.78. The molecular formula is C11H16F3N3. The van der Waals surface area contributed by atoms with Crippen molar-refractivity contribution in [3.8, 4) is 0 Å². The summed E-state index contributed by atoms with van der Waals surface area (Å²) >= 11 is 0. The van der Waals surface area contributed by atoms with Gasteiger partial charge < -0.3 is 5.73 Å². The quantitative estimate of drug-likeness (QED) is 0.873. The van der Waals surface area contributed by atoms with Gasteiger partial charge in [-0.1, -0.05) is 12.8 Å². The molecule has 1 saturated carbocycles. The zero-order chi connectivity index (χ0) is 12.6. The van der Waals surface area contributed by atoms with Gasteiger partial charge in [-0.05, 0) is 19.8 Å². The van der Waals surface area contributed by atoms with Crippen LogP contribution in [0.1, 0.15) is 43.0 Å². The maximum Gasteiger partial charge on any atom is 0.394 e. The summed E-state index contributed by atoms with van der Waals surface area (Å²) < 4.78 is 38.6. The summed E-state index contributed by atoms with van der Waals surface area (Å²) in [4.78, 5) is 0. The highest BCUT2D eigenvalue weighted by Crippen LogP contribution is 2.33. The van der Waals surface area contributed by atoms with Gasteiger partial charge in [0.2, 0.25) is 0 Å². The van der Waals surface area contributed by atoms with Crippen LogP contribution < -0.4 is 5.73 Å². The molecule has 0 bridgehead atoms. The van der Waals surface area contributed by atoms with E-state index < -0.39 is 12.6 Å². The lowest BCUT2D eigenvalue weighted by Crippen LogP contribution is -2.14. The van der Waals surface area contributed by atoms with Gasteiger partial charge in [-0.3, -0.25) is 0 Å². The summed E-state index contributed by atoms with van der Waals surface area (Å²) in [6.45, 7) is 1.61. The molecule has 3 nitrogen and oxygen atoms in total. The molecule has 1 heterocycles. The second-order valence-electron chi connectivity index (χ2n) is 4.63. The Hall–Kier alpha value is -1.20. The van der Waals surface area contributed by atoms with Crippen LogP contribution in [0.25, 0.3) is 0 Å². The molecule has 6 heteroatoms. The van der Waals surface area contributed by atoms with Crippen LogP contribution in [0, 0.1) is 6.92 Å². The van der Waals surface area contributed by atoms with Gasteiger partial charge in [-0.2, -0.15) is 18.3 Å². The molecule has 1 aliphatic carbocycles. The van der Waals surface area contributed by atoms with Crippen molar-refractivity contribution in [2.75, 3.05) is 5.73 Å². The standard InChI is InChI=1S/C11H16F3N3/c1-7-9(6-11(12,13)14)16-17(10(7)15)8-4-2-3-5-8/h8H,2-6,15H2,1H3. The Balaban J connectivity index is 2.27. The number of alkyl halides is 3. The molecule has 17 heavy (non-hydrogen) atoms. The Morgan fingerprint density at radius 2 is 1.94 bits per heavy atom. The number of rotatable bonds is 2. The molecule has 0 amide bonds. The first-order chi connectivity index (χ1) is 7.88. The Morgan fingerprint density at radius 3 is 2.47 bits per heavy atom. The molecule has 0 unspecified atom stereocenters. The first kappa shape index (κ1) is 12.3. The van der Waals surface area contributed by atoms with Gasteiger partial charge in [-0.15, -0.1) is 0 Å². The van der Waals surface area contributed by atoms with Crippen molar-refractivity contribution in [2.45, 2.75) is 51.2 Å². The van der Waals surface area contributed by atoms with E-state index in [0.29, 0.717) is 11.4 Å². The Bertz CT molecular complexity index is 403. The molecule has 0 saturated heterocycles. The van der Waals surface area contributed by atoms with Gasteiger partial charge in [0, 0.05) is 5.56 Å². The molecule has 0 radical (unpaired) electrons. The summed E-state index contributed by atoms with van der Waals surface area (Å²) in [5.41, 5.74) is 6.36. The highest BCUT2D eigenvalue weighted by Gasteiger charge is 2.32. The first-order valence-electron chi connectivity index (χ1n) is 5.78.